The predicted octanol–water partition coefficient (Wildman–Crippen LogP) is 3.25. The van der Waals surface area contributed by atoms with Crippen molar-refractivity contribution in [1.29, 1.82) is 0 Å². The lowest BCUT2D eigenvalue weighted by molar-refractivity contribution is -0.222. The van der Waals surface area contributed by atoms with E-state index in [9.17, 15) is 9.18 Å². The van der Waals surface area contributed by atoms with Crippen LogP contribution in [0.3, 0.4) is 0 Å². The summed E-state index contributed by atoms with van der Waals surface area (Å²) in [6.45, 7) is 1.49. The maximum absolute atomic E-state index is 13.9. The molecule has 1 aromatic carbocycles. The highest BCUT2D eigenvalue weighted by Crippen LogP contribution is 2.34. The number of methoxy groups -OCH3 is 2. The van der Waals surface area contributed by atoms with E-state index >= 15 is 0 Å². The molecule has 0 aliphatic carbocycles. The normalized spacial score (nSPS) is 11.6. The van der Waals surface area contributed by atoms with Crippen molar-refractivity contribution in [3.63, 3.8) is 0 Å². The lowest BCUT2D eigenvalue weighted by atomic mass is 9.98. The second-order valence-electron chi connectivity index (χ2n) is 3.99. The minimum atomic E-state index is -1.21. The Balaban J connectivity index is 3.16. The first-order chi connectivity index (χ1) is 8.45. The summed E-state index contributed by atoms with van der Waals surface area (Å²) < 4.78 is 25.5. The van der Waals surface area contributed by atoms with E-state index in [0.29, 0.717) is 5.56 Å². The van der Waals surface area contributed by atoms with Crippen LogP contribution >= 0.6 is 22.6 Å². The standard InChI is InChI=1S/C13H16FIO3/c1-9(16)6-7-13(17-2,18-3)11-8-10(15)4-5-12(11)14/h4-5,8H,6-7H2,1-3H3. The molecule has 18 heavy (non-hydrogen) atoms. The van der Waals surface area contributed by atoms with E-state index in [2.05, 4.69) is 22.6 Å². The third-order valence-corrected chi connectivity index (χ3v) is 3.48. The van der Waals surface area contributed by atoms with Crippen LogP contribution in [0.25, 0.3) is 0 Å². The molecule has 5 heteroatoms. The Bertz CT molecular complexity index is 430. The average molecular weight is 366 g/mol. The maximum atomic E-state index is 13.9. The molecular formula is C13H16FIO3. The highest BCUT2D eigenvalue weighted by Gasteiger charge is 2.35. The summed E-state index contributed by atoms with van der Waals surface area (Å²) in [5.74, 6) is -1.60. The van der Waals surface area contributed by atoms with E-state index < -0.39 is 11.6 Å². The Morgan fingerprint density at radius 3 is 2.50 bits per heavy atom. The van der Waals surface area contributed by atoms with E-state index in [1.54, 1.807) is 12.1 Å². The van der Waals surface area contributed by atoms with Crippen LogP contribution in [0.15, 0.2) is 18.2 Å². The van der Waals surface area contributed by atoms with Crippen LogP contribution in [0.2, 0.25) is 0 Å². The van der Waals surface area contributed by atoms with Gasteiger partial charge in [-0.05, 0) is 47.7 Å². The molecule has 0 bridgehead atoms. The number of ether oxygens (including phenoxy) is 2. The summed E-state index contributed by atoms with van der Waals surface area (Å²) in [5.41, 5.74) is 0.320. The molecule has 0 radical (unpaired) electrons. The van der Waals surface area contributed by atoms with Gasteiger partial charge in [0.05, 0.1) is 0 Å². The molecule has 0 N–H and O–H groups in total. The monoisotopic (exact) mass is 366 g/mol. The number of carbonyl (C=O) groups excluding carboxylic acids is 1. The van der Waals surface area contributed by atoms with Crippen LogP contribution in [-0.2, 0) is 20.1 Å². The van der Waals surface area contributed by atoms with Gasteiger partial charge in [-0.1, -0.05) is 0 Å². The van der Waals surface area contributed by atoms with Gasteiger partial charge >= 0.3 is 0 Å². The highest BCUT2D eigenvalue weighted by molar-refractivity contribution is 14.1. The molecule has 1 rings (SSSR count). The Hall–Kier alpha value is -0.530. The van der Waals surface area contributed by atoms with Gasteiger partial charge in [0.2, 0.25) is 0 Å². The third kappa shape index (κ3) is 3.49. The van der Waals surface area contributed by atoms with Crippen LogP contribution in [0.4, 0.5) is 4.39 Å². The van der Waals surface area contributed by atoms with Gasteiger partial charge in [-0.3, -0.25) is 0 Å². The summed E-state index contributed by atoms with van der Waals surface area (Å²) >= 11 is 2.09. The van der Waals surface area contributed by atoms with E-state index in [1.807, 2.05) is 0 Å². The van der Waals surface area contributed by atoms with Crippen molar-refractivity contribution in [2.75, 3.05) is 14.2 Å². The van der Waals surface area contributed by atoms with Crippen molar-refractivity contribution in [1.82, 2.24) is 0 Å². The smallest absolute Gasteiger partial charge is 0.197 e. The first kappa shape index (κ1) is 15.5. The highest BCUT2D eigenvalue weighted by atomic mass is 127. The predicted molar refractivity (Wildman–Crippen MR) is 74.7 cm³/mol. The maximum Gasteiger partial charge on any atom is 0.197 e. The summed E-state index contributed by atoms with van der Waals surface area (Å²) in [7, 11) is 2.89. The lowest BCUT2D eigenvalue weighted by Crippen LogP contribution is -2.32. The molecule has 0 unspecified atom stereocenters. The number of Topliss-reactive ketones (excluding diaryl/α,β-unsaturated/α-hetero) is 1. The molecule has 0 aromatic heterocycles. The Labute approximate surface area is 120 Å². The number of halogens is 2. The van der Waals surface area contributed by atoms with Crippen LogP contribution < -0.4 is 0 Å². The summed E-state index contributed by atoms with van der Waals surface area (Å²) in [4.78, 5) is 11.1. The van der Waals surface area contributed by atoms with Gasteiger partial charge in [-0.25, -0.2) is 4.39 Å². The summed E-state index contributed by atoms with van der Waals surface area (Å²) in [6, 6.07) is 4.71. The first-order valence-electron chi connectivity index (χ1n) is 5.50. The number of carbonyl (C=O) groups is 1. The first-order valence-corrected chi connectivity index (χ1v) is 6.58. The molecule has 0 aliphatic heterocycles. The van der Waals surface area contributed by atoms with E-state index in [0.717, 1.165) is 3.57 Å². The van der Waals surface area contributed by atoms with Crippen molar-refractivity contribution >= 4 is 28.4 Å². The fourth-order valence-electron chi connectivity index (χ4n) is 1.77. The molecule has 0 atom stereocenters. The molecule has 0 amide bonds. The van der Waals surface area contributed by atoms with E-state index in [-0.39, 0.29) is 18.6 Å². The molecule has 0 spiro atoms. The molecule has 0 saturated carbocycles. The zero-order valence-corrected chi connectivity index (χ0v) is 12.8. The van der Waals surface area contributed by atoms with Crippen LogP contribution in [0, 0.1) is 9.39 Å². The molecule has 1 aromatic rings. The van der Waals surface area contributed by atoms with Gasteiger partial charge in [0.15, 0.2) is 5.79 Å². The Kier molecular flexibility index (Phi) is 5.68. The molecule has 100 valence electrons. The zero-order valence-electron chi connectivity index (χ0n) is 10.6. The van der Waals surface area contributed by atoms with Crippen molar-refractivity contribution < 1.29 is 18.7 Å². The number of rotatable bonds is 6. The van der Waals surface area contributed by atoms with Crippen LogP contribution in [0.5, 0.6) is 0 Å². The van der Waals surface area contributed by atoms with Crippen molar-refractivity contribution in [3.8, 4) is 0 Å². The Morgan fingerprint density at radius 2 is 2.00 bits per heavy atom. The molecule has 0 aliphatic rings. The van der Waals surface area contributed by atoms with Gasteiger partial charge in [0, 0.05) is 36.2 Å². The van der Waals surface area contributed by atoms with Crippen molar-refractivity contribution in [2.45, 2.75) is 25.6 Å². The Morgan fingerprint density at radius 1 is 1.39 bits per heavy atom. The van der Waals surface area contributed by atoms with Crippen molar-refractivity contribution in [2.24, 2.45) is 0 Å². The van der Waals surface area contributed by atoms with E-state index in [4.69, 9.17) is 9.47 Å². The summed E-state index contributed by atoms with van der Waals surface area (Å²) in [5, 5.41) is 0. The number of hydrogen-bond acceptors (Lipinski definition) is 3. The quantitative estimate of drug-likeness (QED) is 0.573. The molecule has 0 heterocycles. The second kappa shape index (κ2) is 6.58. The fourth-order valence-corrected chi connectivity index (χ4v) is 2.26. The molecule has 3 nitrogen and oxygen atoms in total. The summed E-state index contributed by atoms with van der Waals surface area (Å²) in [6.07, 6.45) is 0.555. The molecule has 0 saturated heterocycles. The van der Waals surface area contributed by atoms with Gasteiger partial charge in [0.1, 0.15) is 11.6 Å². The van der Waals surface area contributed by atoms with Gasteiger partial charge in [-0.2, -0.15) is 0 Å². The average Bonchev–Trinajstić information content (AvgIpc) is 2.35. The van der Waals surface area contributed by atoms with Crippen LogP contribution in [-0.4, -0.2) is 20.0 Å². The minimum absolute atomic E-state index is 0.0134. The topological polar surface area (TPSA) is 35.5 Å². The van der Waals surface area contributed by atoms with Crippen LogP contribution in [0.1, 0.15) is 25.3 Å². The van der Waals surface area contributed by atoms with E-state index in [1.165, 1.54) is 27.2 Å². The zero-order chi connectivity index (χ0) is 13.8. The second-order valence-corrected chi connectivity index (χ2v) is 5.23. The van der Waals surface area contributed by atoms with Gasteiger partial charge in [0.25, 0.3) is 0 Å². The SMILES string of the molecule is COC(CCC(C)=O)(OC)c1cc(I)ccc1F. The molecular weight excluding hydrogens is 350 g/mol. The lowest BCUT2D eigenvalue weighted by Gasteiger charge is -2.31. The largest absolute Gasteiger partial charge is 0.349 e. The van der Waals surface area contributed by atoms with Gasteiger partial charge in [-0.15, -0.1) is 0 Å². The number of ketones is 1. The molecule has 0 fully saturated rings. The van der Waals surface area contributed by atoms with Gasteiger partial charge < -0.3 is 14.3 Å². The van der Waals surface area contributed by atoms with Crippen molar-refractivity contribution in [3.05, 3.63) is 33.1 Å². The number of benzene rings is 1. The minimum Gasteiger partial charge on any atom is -0.349 e. The fraction of sp³-hybridized carbons (Fsp3) is 0.462. The number of hydrogen-bond donors (Lipinski definition) is 0. The third-order valence-electron chi connectivity index (χ3n) is 2.80.